The van der Waals surface area contributed by atoms with E-state index in [4.69, 9.17) is 9.47 Å². The van der Waals surface area contributed by atoms with Crippen molar-refractivity contribution in [3.05, 3.63) is 46.9 Å². The highest BCUT2D eigenvalue weighted by Gasteiger charge is 2.20. The quantitative estimate of drug-likeness (QED) is 0.823. The molecule has 0 bridgehead atoms. The number of hydrogen-bond acceptors (Lipinski definition) is 4. The van der Waals surface area contributed by atoms with E-state index in [0.29, 0.717) is 28.3 Å². The Bertz CT molecular complexity index is 745. The highest BCUT2D eigenvalue weighted by atomic mass is 79.9. The average Bonchev–Trinajstić information content (AvgIpc) is 2.49. The van der Waals surface area contributed by atoms with Crippen LogP contribution in [0.2, 0.25) is 0 Å². The van der Waals surface area contributed by atoms with Crippen molar-refractivity contribution in [2.24, 2.45) is 0 Å². The second-order valence-electron chi connectivity index (χ2n) is 4.36. The molecule has 0 unspecified atom stereocenters. The SMILES string of the molecule is CCOc1ccc(Br)cc1S(=O)(=O)Nc1ccc(OC)cc1. The third-order valence-electron chi connectivity index (χ3n) is 2.84. The first-order valence-electron chi connectivity index (χ1n) is 6.55. The molecule has 0 saturated carbocycles. The topological polar surface area (TPSA) is 64.6 Å². The van der Waals surface area contributed by atoms with Gasteiger partial charge in [-0.1, -0.05) is 15.9 Å². The largest absolute Gasteiger partial charge is 0.497 e. The number of sulfonamides is 1. The first-order valence-corrected chi connectivity index (χ1v) is 8.83. The van der Waals surface area contributed by atoms with E-state index in [2.05, 4.69) is 20.7 Å². The Labute approximate surface area is 138 Å². The molecule has 0 saturated heterocycles. The standard InChI is InChI=1S/C15H16BrNO4S/c1-3-21-14-9-4-11(16)10-15(14)22(18,19)17-12-5-7-13(20-2)8-6-12/h4-10,17H,3H2,1-2H3. The van der Waals surface area contributed by atoms with Crippen LogP contribution >= 0.6 is 15.9 Å². The summed E-state index contributed by atoms with van der Waals surface area (Å²) in [7, 11) is -2.20. The van der Waals surface area contributed by atoms with Gasteiger partial charge in [0.05, 0.1) is 13.7 Å². The fourth-order valence-corrected chi connectivity index (χ4v) is 3.58. The van der Waals surface area contributed by atoms with Crippen LogP contribution in [0, 0.1) is 0 Å². The van der Waals surface area contributed by atoms with Gasteiger partial charge in [0.15, 0.2) is 0 Å². The van der Waals surface area contributed by atoms with Crippen molar-refractivity contribution in [2.45, 2.75) is 11.8 Å². The lowest BCUT2D eigenvalue weighted by molar-refractivity contribution is 0.331. The predicted octanol–water partition coefficient (Wildman–Crippen LogP) is 3.66. The zero-order valence-corrected chi connectivity index (χ0v) is 14.6. The van der Waals surface area contributed by atoms with Gasteiger partial charge >= 0.3 is 0 Å². The van der Waals surface area contributed by atoms with Gasteiger partial charge in [0, 0.05) is 10.2 Å². The summed E-state index contributed by atoms with van der Waals surface area (Å²) >= 11 is 3.28. The molecule has 0 spiro atoms. The number of halogens is 1. The van der Waals surface area contributed by atoms with Gasteiger partial charge in [-0.3, -0.25) is 4.72 Å². The molecule has 0 radical (unpaired) electrons. The van der Waals surface area contributed by atoms with Crippen LogP contribution in [0.1, 0.15) is 6.92 Å². The predicted molar refractivity (Wildman–Crippen MR) is 89.1 cm³/mol. The maximum Gasteiger partial charge on any atom is 0.265 e. The smallest absolute Gasteiger partial charge is 0.265 e. The second kappa shape index (κ2) is 7.02. The van der Waals surface area contributed by atoms with Crippen molar-refractivity contribution < 1.29 is 17.9 Å². The lowest BCUT2D eigenvalue weighted by Crippen LogP contribution is -2.14. The summed E-state index contributed by atoms with van der Waals surface area (Å²) in [5.74, 6) is 0.965. The molecule has 22 heavy (non-hydrogen) atoms. The van der Waals surface area contributed by atoms with Gasteiger partial charge in [0.2, 0.25) is 0 Å². The summed E-state index contributed by atoms with van der Waals surface area (Å²) in [6, 6.07) is 11.5. The van der Waals surface area contributed by atoms with Gasteiger partial charge in [-0.05, 0) is 49.4 Å². The van der Waals surface area contributed by atoms with E-state index in [1.165, 1.54) is 6.07 Å². The zero-order valence-electron chi connectivity index (χ0n) is 12.2. The first kappa shape index (κ1) is 16.6. The average molecular weight is 386 g/mol. The molecule has 0 aliphatic rings. The lowest BCUT2D eigenvalue weighted by atomic mass is 10.3. The van der Waals surface area contributed by atoms with Crippen LogP contribution in [0.4, 0.5) is 5.69 Å². The molecular formula is C15H16BrNO4S. The highest BCUT2D eigenvalue weighted by molar-refractivity contribution is 9.10. The van der Waals surface area contributed by atoms with Gasteiger partial charge in [-0.2, -0.15) is 0 Å². The van der Waals surface area contributed by atoms with Gasteiger partial charge in [0.25, 0.3) is 10.0 Å². The maximum absolute atomic E-state index is 12.6. The summed E-state index contributed by atoms with van der Waals surface area (Å²) in [5.41, 5.74) is 0.447. The van der Waals surface area contributed by atoms with E-state index in [0.717, 1.165) is 0 Å². The Kier molecular flexibility index (Phi) is 5.31. The Morgan fingerprint density at radius 1 is 1.14 bits per heavy atom. The number of methoxy groups -OCH3 is 1. The molecule has 0 amide bonds. The molecule has 0 aliphatic carbocycles. The van der Waals surface area contributed by atoms with Crippen molar-refractivity contribution in [1.82, 2.24) is 0 Å². The fraction of sp³-hybridized carbons (Fsp3) is 0.200. The van der Waals surface area contributed by atoms with Crippen molar-refractivity contribution >= 4 is 31.6 Å². The van der Waals surface area contributed by atoms with Gasteiger partial charge in [0.1, 0.15) is 16.4 Å². The minimum atomic E-state index is -3.75. The minimum absolute atomic E-state index is 0.0829. The second-order valence-corrected chi connectivity index (χ2v) is 6.92. The van der Waals surface area contributed by atoms with E-state index >= 15 is 0 Å². The van der Waals surface area contributed by atoms with E-state index in [9.17, 15) is 8.42 Å². The van der Waals surface area contributed by atoms with E-state index in [-0.39, 0.29) is 4.90 Å². The fourth-order valence-electron chi connectivity index (χ4n) is 1.84. The molecular weight excluding hydrogens is 370 g/mol. The summed E-state index contributed by atoms with van der Waals surface area (Å²) in [5, 5.41) is 0. The lowest BCUT2D eigenvalue weighted by Gasteiger charge is -2.13. The Hall–Kier alpha value is -1.73. The summed E-state index contributed by atoms with van der Waals surface area (Å²) in [6.07, 6.45) is 0. The Morgan fingerprint density at radius 3 is 2.41 bits per heavy atom. The molecule has 0 aromatic heterocycles. The molecule has 1 N–H and O–H groups in total. The minimum Gasteiger partial charge on any atom is -0.497 e. The van der Waals surface area contributed by atoms with Crippen LogP contribution in [-0.2, 0) is 10.0 Å². The van der Waals surface area contributed by atoms with Crippen LogP contribution in [0.25, 0.3) is 0 Å². The zero-order chi connectivity index (χ0) is 16.2. The number of benzene rings is 2. The van der Waals surface area contributed by atoms with Gasteiger partial charge in [-0.25, -0.2) is 8.42 Å². The molecule has 0 atom stereocenters. The summed E-state index contributed by atoms with van der Waals surface area (Å²) in [4.78, 5) is 0.0829. The molecule has 0 aliphatic heterocycles. The van der Waals surface area contributed by atoms with Crippen LogP contribution in [0.5, 0.6) is 11.5 Å². The normalized spacial score (nSPS) is 11.0. The molecule has 2 rings (SSSR count). The molecule has 118 valence electrons. The summed E-state index contributed by atoms with van der Waals surface area (Å²) in [6.45, 7) is 2.18. The number of rotatable bonds is 6. The Morgan fingerprint density at radius 2 is 1.82 bits per heavy atom. The van der Waals surface area contributed by atoms with E-state index in [1.807, 2.05) is 0 Å². The Balaban J connectivity index is 2.35. The van der Waals surface area contributed by atoms with Crippen molar-refractivity contribution in [2.75, 3.05) is 18.4 Å². The maximum atomic E-state index is 12.6. The van der Waals surface area contributed by atoms with E-state index in [1.54, 1.807) is 50.4 Å². The van der Waals surface area contributed by atoms with Crippen LogP contribution < -0.4 is 14.2 Å². The third-order valence-corrected chi connectivity index (χ3v) is 4.73. The van der Waals surface area contributed by atoms with Crippen molar-refractivity contribution in [3.8, 4) is 11.5 Å². The molecule has 2 aromatic carbocycles. The highest BCUT2D eigenvalue weighted by Crippen LogP contribution is 2.29. The van der Waals surface area contributed by atoms with Crippen LogP contribution in [0.15, 0.2) is 51.8 Å². The van der Waals surface area contributed by atoms with Crippen LogP contribution in [-0.4, -0.2) is 22.1 Å². The molecule has 2 aromatic rings. The van der Waals surface area contributed by atoms with Crippen molar-refractivity contribution in [3.63, 3.8) is 0 Å². The monoisotopic (exact) mass is 385 g/mol. The third kappa shape index (κ3) is 3.92. The van der Waals surface area contributed by atoms with Gasteiger partial charge in [-0.15, -0.1) is 0 Å². The van der Waals surface area contributed by atoms with Crippen molar-refractivity contribution in [1.29, 1.82) is 0 Å². The number of nitrogens with one attached hydrogen (secondary N) is 1. The van der Waals surface area contributed by atoms with Crippen LogP contribution in [0.3, 0.4) is 0 Å². The number of anilines is 1. The molecule has 5 nitrogen and oxygen atoms in total. The van der Waals surface area contributed by atoms with Gasteiger partial charge < -0.3 is 9.47 Å². The first-order chi connectivity index (χ1) is 10.5. The molecule has 0 heterocycles. The molecule has 7 heteroatoms. The number of ether oxygens (including phenoxy) is 2. The molecule has 0 fully saturated rings. The van der Waals surface area contributed by atoms with E-state index < -0.39 is 10.0 Å². The summed E-state index contributed by atoms with van der Waals surface area (Å²) < 4.78 is 38.7. The number of hydrogen-bond donors (Lipinski definition) is 1.